The van der Waals surface area contributed by atoms with Gasteiger partial charge in [0.1, 0.15) is 11.1 Å². The molecule has 0 aromatic heterocycles. The van der Waals surface area contributed by atoms with Gasteiger partial charge in [0.05, 0.1) is 38.3 Å². The lowest BCUT2D eigenvalue weighted by atomic mass is 9.75. The summed E-state index contributed by atoms with van der Waals surface area (Å²) in [6.45, 7) is 11.0. The molecule has 198 valence electrons. The number of carbonyl (C=O) groups excluding carboxylic acids is 4. The third-order valence-electron chi connectivity index (χ3n) is 6.61. The Morgan fingerprint density at radius 3 is 1.33 bits per heavy atom. The number of rotatable bonds is 8. The highest BCUT2D eigenvalue weighted by molar-refractivity contribution is 5.94. The zero-order chi connectivity index (χ0) is 26.7. The quantitative estimate of drug-likeness (QED) is 0.402. The minimum Gasteiger partial charge on any atom is -0.466 e. The van der Waals surface area contributed by atoms with Crippen LogP contribution in [-0.2, 0) is 38.1 Å². The topological polar surface area (TPSA) is 129 Å². The van der Waals surface area contributed by atoms with Crippen molar-refractivity contribution in [3.05, 3.63) is 23.3 Å². The third kappa shape index (κ3) is 5.12. The highest BCUT2D eigenvalue weighted by Crippen LogP contribution is 2.48. The number of esters is 4. The average molecular weight is 505 g/mol. The number of anilines is 2. The van der Waals surface area contributed by atoms with Crippen molar-refractivity contribution in [2.24, 2.45) is 0 Å². The molecule has 2 heterocycles. The van der Waals surface area contributed by atoms with E-state index in [-0.39, 0.29) is 39.3 Å². The molecule has 0 saturated carbocycles. The molecule has 36 heavy (non-hydrogen) atoms. The van der Waals surface area contributed by atoms with Crippen LogP contribution < -0.4 is 10.6 Å². The predicted octanol–water partition coefficient (Wildman–Crippen LogP) is 3.25. The second-order valence-electron chi connectivity index (χ2n) is 9.40. The fraction of sp³-hybridized carbons (Fsp3) is 0.615. The van der Waals surface area contributed by atoms with Crippen LogP contribution in [0.15, 0.2) is 12.1 Å². The Balaban J connectivity index is 2.16. The van der Waals surface area contributed by atoms with Gasteiger partial charge in [-0.15, -0.1) is 0 Å². The Bertz CT molecular complexity index is 959. The maximum atomic E-state index is 13.0. The van der Waals surface area contributed by atoms with E-state index in [9.17, 15) is 19.2 Å². The van der Waals surface area contributed by atoms with E-state index in [1.165, 1.54) is 0 Å². The normalized spacial score (nSPS) is 26.3. The molecule has 1 aromatic rings. The minimum atomic E-state index is -1.18. The Labute approximate surface area is 211 Å². The number of hydrogen-bond donors (Lipinski definition) is 2. The van der Waals surface area contributed by atoms with Crippen molar-refractivity contribution in [2.45, 2.75) is 77.3 Å². The molecule has 10 nitrogen and oxygen atoms in total. The fourth-order valence-electron chi connectivity index (χ4n) is 4.91. The van der Waals surface area contributed by atoms with Gasteiger partial charge in [-0.05, 0) is 77.6 Å². The van der Waals surface area contributed by atoms with Gasteiger partial charge in [-0.2, -0.15) is 0 Å². The van der Waals surface area contributed by atoms with Gasteiger partial charge in [0.2, 0.25) is 0 Å². The Morgan fingerprint density at radius 2 is 1.03 bits per heavy atom. The third-order valence-corrected chi connectivity index (χ3v) is 6.61. The molecule has 1 aromatic carbocycles. The largest absolute Gasteiger partial charge is 0.466 e. The highest BCUT2D eigenvalue weighted by Gasteiger charge is 2.49. The van der Waals surface area contributed by atoms with Crippen molar-refractivity contribution in [1.82, 2.24) is 0 Å². The number of hydrogen-bond acceptors (Lipinski definition) is 10. The summed E-state index contributed by atoms with van der Waals surface area (Å²) in [5, 5.41) is 6.47. The Kier molecular flexibility index (Phi) is 8.15. The molecule has 3 rings (SSSR count). The number of benzene rings is 1. The molecule has 2 N–H and O–H groups in total. The average Bonchev–Trinajstić information content (AvgIpc) is 2.82. The summed E-state index contributed by atoms with van der Waals surface area (Å²) in [5.41, 5.74) is -0.145. The van der Waals surface area contributed by atoms with Gasteiger partial charge >= 0.3 is 23.9 Å². The van der Waals surface area contributed by atoms with E-state index < -0.39 is 46.8 Å². The summed E-state index contributed by atoms with van der Waals surface area (Å²) in [6, 6.07) is 3.49. The number of carbonyl (C=O) groups is 4. The molecular weight excluding hydrogens is 468 g/mol. The van der Waals surface area contributed by atoms with Crippen molar-refractivity contribution >= 4 is 35.3 Å². The van der Waals surface area contributed by atoms with Crippen LogP contribution in [0, 0.1) is 0 Å². The van der Waals surface area contributed by atoms with Crippen molar-refractivity contribution in [2.75, 3.05) is 37.1 Å². The summed E-state index contributed by atoms with van der Waals surface area (Å²) >= 11 is 0. The molecule has 0 radical (unpaired) electrons. The molecule has 10 heteroatoms. The summed E-state index contributed by atoms with van der Waals surface area (Å²) in [6.07, 6.45) is 0.236. The van der Waals surface area contributed by atoms with Crippen LogP contribution in [0.3, 0.4) is 0 Å². The summed E-state index contributed by atoms with van der Waals surface area (Å²) in [7, 11) is 0. The van der Waals surface area contributed by atoms with Crippen molar-refractivity contribution < 1.29 is 38.1 Å². The zero-order valence-electron chi connectivity index (χ0n) is 21.8. The lowest BCUT2D eigenvalue weighted by Crippen LogP contribution is -2.51. The number of ether oxygens (including phenoxy) is 4. The zero-order valence-corrected chi connectivity index (χ0v) is 21.8. The van der Waals surface area contributed by atoms with Crippen LogP contribution >= 0.6 is 0 Å². The SMILES string of the molecule is CCOC(=O)C1CC(C)(C(=O)OCC)Nc2cc3c(cc21)NC(C)(C(=O)OCC)CC3C(=O)OCC. The first-order chi connectivity index (χ1) is 17.0. The molecule has 0 fully saturated rings. The van der Waals surface area contributed by atoms with Gasteiger partial charge in [-0.3, -0.25) is 9.59 Å². The van der Waals surface area contributed by atoms with E-state index in [4.69, 9.17) is 18.9 Å². The van der Waals surface area contributed by atoms with E-state index in [0.29, 0.717) is 22.5 Å². The number of nitrogens with one attached hydrogen (secondary N) is 2. The van der Waals surface area contributed by atoms with E-state index in [2.05, 4.69) is 10.6 Å². The van der Waals surface area contributed by atoms with E-state index in [1.54, 1.807) is 53.7 Å². The maximum absolute atomic E-state index is 13.0. The van der Waals surface area contributed by atoms with E-state index in [1.807, 2.05) is 0 Å². The summed E-state index contributed by atoms with van der Waals surface area (Å²) in [4.78, 5) is 51.7. The molecule has 0 saturated heterocycles. The minimum absolute atomic E-state index is 0.118. The van der Waals surface area contributed by atoms with Gasteiger partial charge in [0.15, 0.2) is 0 Å². The molecule has 4 unspecified atom stereocenters. The molecule has 2 aliphatic rings. The first-order valence-electron chi connectivity index (χ1n) is 12.4. The fourth-order valence-corrected chi connectivity index (χ4v) is 4.91. The standard InChI is InChI=1S/C26H36N2O8/c1-7-33-21(29)17-13-25(5,23(31)35-9-3)27-19-12-16-18(22(30)34-8-2)14-26(6,24(32)36-10-4)28-20(16)11-15(17)19/h11-12,17-18,27-28H,7-10,13-14H2,1-6H3. The summed E-state index contributed by atoms with van der Waals surface area (Å²) < 4.78 is 21.2. The van der Waals surface area contributed by atoms with Crippen molar-refractivity contribution in [3.8, 4) is 0 Å². The molecular formula is C26H36N2O8. The van der Waals surface area contributed by atoms with E-state index in [0.717, 1.165) is 0 Å². The van der Waals surface area contributed by atoms with Crippen LogP contribution in [0.2, 0.25) is 0 Å². The van der Waals surface area contributed by atoms with Crippen molar-refractivity contribution in [3.63, 3.8) is 0 Å². The number of fused-ring (bicyclic) bond motifs is 2. The molecule has 4 atom stereocenters. The molecule has 0 spiro atoms. The first-order valence-corrected chi connectivity index (χ1v) is 12.4. The smallest absolute Gasteiger partial charge is 0.331 e. The molecule has 0 bridgehead atoms. The van der Waals surface area contributed by atoms with Gasteiger partial charge in [0.25, 0.3) is 0 Å². The van der Waals surface area contributed by atoms with E-state index >= 15 is 0 Å². The van der Waals surface area contributed by atoms with Crippen LogP contribution in [0.1, 0.15) is 77.3 Å². The van der Waals surface area contributed by atoms with Gasteiger partial charge in [-0.1, -0.05) is 0 Å². The van der Waals surface area contributed by atoms with Gasteiger partial charge < -0.3 is 29.6 Å². The summed E-state index contributed by atoms with van der Waals surface area (Å²) in [5.74, 6) is -3.45. The Morgan fingerprint density at radius 1 is 0.694 bits per heavy atom. The molecule has 0 amide bonds. The second-order valence-corrected chi connectivity index (χ2v) is 9.40. The van der Waals surface area contributed by atoms with Gasteiger partial charge in [-0.25, -0.2) is 9.59 Å². The second kappa shape index (κ2) is 10.8. The van der Waals surface area contributed by atoms with Gasteiger partial charge in [0, 0.05) is 11.4 Å². The van der Waals surface area contributed by atoms with Crippen LogP contribution in [0.25, 0.3) is 0 Å². The lowest BCUT2D eigenvalue weighted by molar-refractivity contribution is -0.152. The Hall–Kier alpha value is -3.30. The van der Waals surface area contributed by atoms with Crippen LogP contribution in [0.4, 0.5) is 11.4 Å². The molecule has 0 aliphatic carbocycles. The monoisotopic (exact) mass is 504 g/mol. The first kappa shape index (κ1) is 27.3. The van der Waals surface area contributed by atoms with Crippen molar-refractivity contribution in [1.29, 1.82) is 0 Å². The maximum Gasteiger partial charge on any atom is 0.331 e. The highest BCUT2D eigenvalue weighted by atomic mass is 16.5. The van der Waals surface area contributed by atoms with Crippen LogP contribution in [0.5, 0.6) is 0 Å². The molecule has 2 aliphatic heterocycles. The predicted molar refractivity (Wildman–Crippen MR) is 132 cm³/mol. The van der Waals surface area contributed by atoms with Crippen LogP contribution in [-0.4, -0.2) is 61.4 Å². The lowest BCUT2D eigenvalue weighted by Gasteiger charge is -2.42.